The van der Waals surface area contributed by atoms with E-state index in [9.17, 15) is 0 Å². The van der Waals surface area contributed by atoms with Crippen LogP contribution >= 0.6 is 0 Å². The van der Waals surface area contributed by atoms with Crippen LogP contribution in [0.3, 0.4) is 0 Å². The Morgan fingerprint density at radius 2 is 2.07 bits per heavy atom. The van der Waals surface area contributed by atoms with Crippen molar-refractivity contribution < 1.29 is 0 Å². The van der Waals surface area contributed by atoms with E-state index >= 15 is 0 Å². The topological polar surface area (TPSA) is 67.6 Å². The van der Waals surface area contributed by atoms with Crippen molar-refractivity contribution in [3.05, 3.63) is 36.2 Å². The average molecular weight is 202 g/mol. The Hall–Kier alpha value is -1.68. The fraction of sp³-hybridized carbons (Fsp3) is 0.273. The van der Waals surface area contributed by atoms with Crippen molar-refractivity contribution >= 4 is 0 Å². The van der Waals surface area contributed by atoms with Crippen LogP contribution in [0.15, 0.2) is 30.3 Å². The van der Waals surface area contributed by atoms with Crippen molar-refractivity contribution in [2.24, 2.45) is 5.73 Å². The molecule has 1 atom stereocenters. The second-order valence-corrected chi connectivity index (χ2v) is 3.55. The number of rotatable bonds is 3. The van der Waals surface area contributed by atoms with Gasteiger partial charge >= 0.3 is 0 Å². The van der Waals surface area contributed by atoms with E-state index in [0.29, 0.717) is 6.54 Å². The molecule has 1 aromatic heterocycles. The third-order valence-electron chi connectivity index (χ3n) is 2.36. The maximum absolute atomic E-state index is 5.56. The molecule has 78 valence electrons. The molecule has 0 bridgehead atoms. The molecular weight excluding hydrogens is 188 g/mol. The first-order valence-corrected chi connectivity index (χ1v) is 4.99. The minimum absolute atomic E-state index is 0.218. The zero-order valence-corrected chi connectivity index (χ0v) is 8.64. The highest BCUT2D eigenvalue weighted by Gasteiger charge is 2.10. The smallest absolute Gasteiger partial charge is 0.181 e. The molecule has 15 heavy (non-hydrogen) atoms. The first-order chi connectivity index (χ1) is 7.31. The van der Waals surface area contributed by atoms with Gasteiger partial charge in [0.15, 0.2) is 5.82 Å². The number of aromatic amines is 1. The maximum Gasteiger partial charge on any atom is 0.181 e. The fourth-order valence-electron chi connectivity index (χ4n) is 1.32. The summed E-state index contributed by atoms with van der Waals surface area (Å²) in [6.45, 7) is 2.60. The van der Waals surface area contributed by atoms with Crippen molar-refractivity contribution in [1.29, 1.82) is 0 Å². The quantitative estimate of drug-likeness (QED) is 0.793. The number of hydrogen-bond donors (Lipinski definition) is 2. The molecule has 4 heteroatoms. The molecule has 3 N–H and O–H groups in total. The van der Waals surface area contributed by atoms with Gasteiger partial charge in [0.05, 0.1) is 0 Å². The van der Waals surface area contributed by atoms with Gasteiger partial charge in [-0.05, 0) is 0 Å². The lowest BCUT2D eigenvalue weighted by molar-refractivity contribution is 0.716. The predicted molar refractivity (Wildman–Crippen MR) is 59.3 cm³/mol. The Morgan fingerprint density at radius 3 is 2.73 bits per heavy atom. The van der Waals surface area contributed by atoms with E-state index in [2.05, 4.69) is 15.2 Å². The molecule has 1 heterocycles. The molecule has 0 aliphatic rings. The highest BCUT2D eigenvalue weighted by molar-refractivity contribution is 5.53. The van der Waals surface area contributed by atoms with Gasteiger partial charge in [-0.1, -0.05) is 37.3 Å². The minimum atomic E-state index is 0.218. The van der Waals surface area contributed by atoms with Gasteiger partial charge in [-0.25, -0.2) is 4.98 Å². The van der Waals surface area contributed by atoms with Crippen molar-refractivity contribution in [1.82, 2.24) is 15.2 Å². The zero-order valence-electron chi connectivity index (χ0n) is 8.64. The van der Waals surface area contributed by atoms with E-state index in [4.69, 9.17) is 5.73 Å². The Morgan fingerprint density at radius 1 is 1.33 bits per heavy atom. The Kier molecular flexibility index (Phi) is 2.78. The molecular formula is C11H14N4. The van der Waals surface area contributed by atoms with E-state index in [-0.39, 0.29) is 5.92 Å². The number of nitrogens with two attached hydrogens (primary N) is 1. The third-order valence-corrected chi connectivity index (χ3v) is 2.36. The van der Waals surface area contributed by atoms with Crippen LogP contribution in [-0.4, -0.2) is 21.7 Å². The molecule has 0 spiro atoms. The van der Waals surface area contributed by atoms with Gasteiger partial charge in [0.2, 0.25) is 0 Å². The van der Waals surface area contributed by atoms with E-state index in [1.54, 1.807) is 0 Å². The van der Waals surface area contributed by atoms with Crippen molar-refractivity contribution in [2.45, 2.75) is 12.8 Å². The Bertz CT molecular complexity index is 421. The summed E-state index contributed by atoms with van der Waals surface area (Å²) in [5.74, 6) is 1.79. The predicted octanol–water partition coefficient (Wildman–Crippen LogP) is 1.53. The summed E-state index contributed by atoms with van der Waals surface area (Å²) in [5, 5.41) is 7.08. The van der Waals surface area contributed by atoms with E-state index in [0.717, 1.165) is 17.2 Å². The van der Waals surface area contributed by atoms with E-state index < -0.39 is 0 Å². The number of aromatic nitrogens is 3. The van der Waals surface area contributed by atoms with Crippen LogP contribution in [0.4, 0.5) is 0 Å². The summed E-state index contributed by atoms with van der Waals surface area (Å²) in [5.41, 5.74) is 6.58. The lowest BCUT2D eigenvalue weighted by Crippen LogP contribution is -2.10. The molecule has 1 unspecified atom stereocenters. The van der Waals surface area contributed by atoms with E-state index in [1.165, 1.54) is 0 Å². The van der Waals surface area contributed by atoms with Gasteiger partial charge in [-0.15, -0.1) is 0 Å². The summed E-state index contributed by atoms with van der Waals surface area (Å²) in [7, 11) is 0. The molecule has 2 rings (SSSR count). The summed E-state index contributed by atoms with van der Waals surface area (Å²) in [4.78, 5) is 4.40. The number of benzene rings is 1. The van der Waals surface area contributed by atoms with Gasteiger partial charge in [-0.3, -0.25) is 5.10 Å². The number of nitrogens with zero attached hydrogens (tertiary/aromatic N) is 2. The third kappa shape index (κ3) is 2.05. The molecule has 0 amide bonds. The highest BCUT2D eigenvalue weighted by atomic mass is 15.2. The van der Waals surface area contributed by atoms with Crippen LogP contribution in [0.5, 0.6) is 0 Å². The lowest BCUT2D eigenvalue weighted by atomic mass is 10.2. The summed E-state index contributed by atoms with van der Waals surface area (Å²) >= 11 is 0. The maximum atomic E-state index is 5.56. The van der Waals surface area contributed by atoms with Crippen molar-refractivity contribution in [3.63, 3.8) is 0 Å². The van der Waals surface area contributed by atoms with Gasteiger partial charge in [0.1, 0.15) is 5.82 Å². The summed E-state index contributed by atoms with van der Waals surface area (Å²) < 4.78 is 0. The molecule has 0 saturated carbocycles. The molecule has 1 aromatic carbocycles. The van der Waals surface area contributed by atoms with Crippen LogP contribution in [0, 0.1) is 0 Å². The standard InChI is InChI=1S/C11H14N4/c1-8(7-12)10-13-11(15-14-10)9-5-3-2-4-6-9/h2-6,8H,7,12H2,1H3,(H,13,14,15). The largest absolute Gasteiger partial charge is 0.330 e. The van der Waals surface area contributed by atoms with Gasteiger partial charge in [0.25, 0.3) is 0 Å². The Labute approximate surface area is 88.5 Å². The highest BCUT2D eigenvalue weighted by Crippen LogP contribution is 2.16. The fourth-order valence-corrected chi connectivity index (χ4v) is 1.32. The van der Waals surface area contributed by atoms with Crippen LogP contribution in [-0.2, 0) is 0 Å². The summed E-state index contributed by atoms with van der Waals surface area (Å²) in [6, 6.07) is 9.88. The SMILES string of the molecule is CC(CN)c1nc(-c2ccccc2)n[nH]1. The van der Waals surface area contributed by atoms with Crippen molar-refractivity contribution in [2.75, 3.05) is 6.54 Å². The zero-order chi connectivity index (χ0) is 10.7. The second-order valence-electron chi connectivity index (χ2n) is 3.55. The molecule has 0 fully saturated rings. The monoisotopic (exact) mass is 202 g/mol. The first kappa shape index (κ1) is 9.86. The molecule has 4 nitrogen and oxygen atoms in total. The first-order valence-electron chi connectivity index (χ1n) is 4.99. The van der Waals surface area contributed by atoms with Crippen LogP contribution in [0.1, 0.15) is 18.7 Å². The molecule has 0 radical (unpaired) electrons. The normalized spacial score (nSPS) is 12.7. The molecule has 0 saturated heterocycles. The average Bonchev–Trinajstić information content (AvgIpc) is 2.78. The summed E-state index contributed by atoms with van der Waals surface area (Å²) in [6.07, 6.45) is 0. The second kappa shape index (κ2) is 4.23. The van der Waals surface area contributed by atoms with E-state index in [1.807, 2.05) is 37.3 Å². The molecule has 2 aromatic rings. The van der Waals surface area contributed by atoms with Crippen LogP contribution in [0.2, 0.25) is 0 Å². The minimum Gasteiger partial charge on any atom is -0.330 e. The number of nitrogens with one attached hydrogen (secondary N) is 1. The Balaban J connectivity index is 2.28. The molecule has 0 aliphatic carbocycles. The van der Waals surface area contributed by atoms with Crippen LogP contribution in [0.25, 0.3) is 11.4 Å². The molecule has 0 aliphatic heterocycles. The van der Waals surface area contributed by atoms with Gasteiger partial charge < -0.3 is 5.73 Å². The van der Waals surface area contributed by atoms with Crippen LogP contribution < -0.4 is 5.73 Å². The number of H-pyrrole nitrogens is 1. The number of hydrogen-bond acceptors (Lipinski definition) is 3. The van der Waals surface area contributed by atoms with Crippen molar-refractivity contribution in [3.8, 4) is 11.4 Å². The van der Waals surface area contributed by atoms with Gasteiger partial charge in [0, 0.05) is 18.0 Å². The lowest BCUT2D eigenvalue weighted by Gasteiger charge is -2.01. The van der Waals surface area contributed by atoms with Gasteiger partial charge in [-0.2, -0.15) is 5.10 Å².